The number of halogens is 1. The van der Waals surface area contributed by atoms with Gasteiger partial charge in [-0.25, -0.2) is 4.79 Å². The summed E-state index contributed by atoms with van der Waals surface area (Å²) in [5.41, 5.74) is 2.35. The molecule has 1 fully saturated rings. The number of nitrogens with zero attached hydrogens (tertiary/aromatic N) is 1. The fraction of sp³-hybridized carbons (Fsp3) is 0.350. The normalized spacial score (nSPS) is 16.3. The van der Waals surface area contributed by atoms with Crippen LogP contribution < -0.4 is 5.32 Å². The van der Waals surface area contributed by atoms with Gasteiger partial charge in [0.05, 0.1) is 18.8 Å². The number of carboxylic acid groups (broad SMARTS) is 1. The first-order valence-corrected chi connectivity index (χ1v) is 9.12. The molecule has 1 aliphatic heterocycles. The van der Waals surface area contributed by atoms with E-state index in [4.69, 9.17) is 21.4 Å². The SMILES string of the molecule is O=C(O)c1cccc(CNCC(c2ccccc2Cl)N2CCOCC2)c1. The zero-order valence-corrected chi connectivity index (χ0v) is 15.3. The van der Waals surface area contributed by atoms with E-state index in [1.54, 1.807) is 18.2 Å². The molecule has 0 spiro atoms. The average molecular weight is 375 g/mol. The molecule has 2 N–H and O–H groups in total. The summed E-state index contributed by atoms with van der Waals surface area (Å²) >= 11 is 6.44. The molecule has 1 aliphatic rings. The predicted octanol–water partition coefficient (Wildman–Crippen LogP) is 3.20. The Morgan fingerprint density at radius 1 is 1.19 bits per heavy atom. The molecule has 0 amide bonds. The maximum atomic E-state index is 11.1. The van der Waals surface area contributed by atoms with Gasteiger partial charge in [-0.15, -0.1) is 0 Å². The standard InChI is InChI=1S/C20H23ClN2O3/c21-18-7-2-1-6-17(18)19(23-8-10-26-11-9-23)14-22-13-15-4-3-5-16(12-15)20(24)25/h1-7,12,19,22H,8-11,13-14H2,(H,24,25). The van der Waals surface area contributed by atoms with Crippen LogP contribution in [0, 0.1) is 0 Å². The lowest BCUT2D eigenvalue weighted by Crippen LogP contribution is -2.42. The monoisotopic (exact) mass is 374 g/mol. The Hall–Kier alpha value is -1.92. The molecule has 0 saturated carbocycles. The van der Waals surface area contributed by atoms with Crippen LogP contribution in [0.5, 0.6) is 0 Å². The number of benzene rings is 2. The van der Waals surface area contributed by atoms with Crippen LogP contribution in [0.25, 0.3) is 0 Å². The number of morpholine rings is 1. The van der Waals surface area contributed by atoms with Crippen LogP contribution in [-0.2, 0) is 11.3 Å². The Kier molecular flexibility index (Phi) is 6.63. The molecular weight excluding hydrogens is 352 g/mol. The van der Waals surface area contributed by atoms with Crippen molar-refractivity contribution in [3.8, 4) is 0 Å². The fourth-order valence-corrected chi connectivity index (χ4v) is 3.50. The molecule has 1 atom stereocenters. The second kappa shape index (κ2) is 9.14. The third-order valence-electron chi connectivity index (χ3n) is 4.59. The average Bonchev–Trinajstić information content (AvgIpc) is 2.67. The van der Waals surface area contributed by atoms with Crippen molar-refractivity contribution in [3.63, 3.8) is 0 Å². The molecule has 6 heteroatoms. The molecule has 2 aromatic rings. The molecule has 0 bridgehead atoms. The van der Waals surface area contributed by atoms with E-state index in [-0.39, 0.29) is 6.04 Å². The fourth-order valence-electron chi connectivity index (χ4n) is 3.24. The minimum Gasteiger partial charge on any atom is -0.478 e. The summed E-state index contributed by atoms with van der Waals surface area (Å²) < 4.78 is 5.47. The van der Waals surface area contributed by atoms with Gasteiger partial charge in [-0.2, -0.15) is 0 Å². The van der Waals surface area contributed by atoms with E-state index < -0.39 is 5.97 Å². The van der Waals surface area contributed by atoms with Gasteiger partial charge in [0.2, 0.25) is 0 Å². The van der Waals surface area contributed by atoms with Gasteiger partial charge in [0, 0.05) is 37.2 Å². The summed E-state index contributed by atoms with van der Waals surface area (Å²) in [7, 11) is 0. The van der Waals surface area contributed by atoms with Crippen molar-refractivity contribution >= 4 is 17.6 Å². The van der Waals surface area contributed by atoms with Gasteiger partial charge in [-0.1, -0.05) is 41.9 Å². The van der Waals surface area contributed by atoms with E-state index in [9.17, 15) is 4.79 Å². The summed E-state index contributed by atoms with van der Waals surface area (Å²) in [6.45, 7) is 4.51. The Balaban J connectivity index is 1.69. The number of nitrogens with one attached hydrogen (secondary N) is 1. The predicted molar refractivity (Wildman–Crippen MR) is 102 cm³/mol. The number of carboxylic acids is 1. The minimum absolute atomic E-state index is 0.148. The van der Waals surface area contributed by atoms with E-state index >= 15 is 0 Å². The summed E-state index contributed by atoms with van der Waals surface area (Å²) in [6.07, 6.45) is 0. The number of aromatic carboxylic acids is 1. The highest BCUT2D eigenvalue weighted by atomic mass is 35.5. The lowest BCUT2D eigenvalue weighted by Gasteiger charge is -2.35. The number of carbonyl (C=O) groups is 1. The van der Waals surface area contributed by atoms with Crippen LogP contribution in [0.4, 0.5) is 0 Å². The van der Waals surface area contributed by atoms with Crippen LogP contribution in [0.3, 0.4) is 0 Å². The zero-order valence-electron chi connectivity index (χ0n) is 14.5. The molecule has 0 aromatic heterocycles. The van der Waals surface area contributed by atoms with Crippen molar-refractivity contribution in [1.82, 2.24) is 10.2 Å². The first-order chi connectivity index (χ1) is 12.6. The van der Waals surface area contributed by atoms with E-state index in [1.165, 1.54) is 0 Å². The third-order valence-corrected chi connectivity index (χ3v) is 4.94. The van der Waals surface area contributed by atoms with Crippen LogP contribution >= 0.6 is 11.6 Å². The van der Waals surface area contributed by atoms with E-state index in [0.29, 0.717) is 12.1 Å². The molecular formula is C20H23ClN2O3. The largest absolute Gasteiger partial charge is 0.478 e. The van der Waals surface area contributed by atoms with Gasteiger partial charge in [0.25, 0.3) is 0 Å². The lowest BCUT2D eigenvalue weighted by atomic mass is 10.0. The minimum atomic E-state index is -0.908. The highest BCUT2D eigenvalue weighted by Crippen LogP contribution is 2.27. The van der Waals surface area contributed by atoms with E-state index in [1.807, 2.05) is 24.3 Å². The Bertz CT molecular complexity index is 747. The number of hydrogen-bond donors (Lipinski definition) is 2. The van der Waals surface area contributed by atoms with Gasteiger partial charge in [0.1, 0.15) is 0 Å². The van der Waals surface area contributed by atoms with Gasteiger partial charge >= 0.3 is 5.97 Å². The van der Waals surface area contributed by atoms with Crippen molar-refractivity contribution in [3.05, 3.63) is 70.2 Å². The number of ether oxygens (including phenoxy) is 1. The number of rotatable bonds is 7. The van der Waals surface area contributed by atoms with Gasteiger partial charge in [-0.05, 0) is 29.3 Å². The lowest BCUT2D eigenvalue weighted by molar-refractivity contribution is 0.0161. The second-order valence-corrected chi connectivity index (χ2v) is 6.73. The highest BCUT2D eigenvalue weighted by Gasteiger charge is 2.24. The quantitative estimate of drug-likeness (QED) is 0.779. The third kappa shape index (κ3) is 4.83. The van der Waals surface area contributed by atoms with Crippen molar-refractivity contribution in [2.75, 3.05) is 32.8 Å². The maximum absolute atomic E-state index is 11.1. The molecule has 1 heterocycles. The molecule has 3 rings (SSSR count). The van der Waals surface area contributed by atoms with Gasteiger partial charge in [-0.3, -0.25) is 4.90 Å². The molecule has 138 valence electrons. The van der Waals surface area contributed by atoms with Gasteiger partial charge in [0.15, 0.2) is 0 Å². The first kappa shape index (κ1) is 18.9. The number of hydrogen-bond acceptors (Lipinski definition) is 4. The van der Waals surface area contributed by atoms with Gasteiger partial charge < -0.3 is 15.2 Å². The smallest absolute Gasteiger partial charge is 0.335 e. The van der Waals surface area contributed by atoms with Crippen molar-refractivity contribution < 1.29 is 14.6 Å². The Morgan fingerprint density at radius 3 is 2.69 bits per heavy atom. The molecule has 1 unspecified atom stereocenters. The summed E-state index contributed by atoms with van der Waals surface area (Å²) in [5.74, 6) is -0.908. The van der Waals surface area contributed by atoms with Crippen molar-refractivity contribution in [2.24, 2.45) is 0 Å². The molecule has 1 saturated heterocycles. The molecule has 26 heavy (non-hydrogen) atoms. The van der Waals surface area contributed by atoms with Crippen molar-refractivity contribution in [1.29, 1.82) is 0 Å². The van der Waals surface area contributed by atoms with E-state index in [0.717, 1.165) is 49.0 Å². The van der Waals surface area contributed by atoms with Crippen molar-refractivity contribution in [2.45, 2.75) is 12.6 Å². The van der Waals surface area contributed by atoms with Crippen LogP contribution in [0.15, 0.2) is 48.5 Å². The maximum Gasteiger partial charge on any atom is 0.335 e. The molecule has 2 aromatic carbocycles. The Labute approximate surface area is 158 Å². The molecule has 0 radical (unpaired) electrons. The van der Waals surface area contributed by atoms with Crippen LogP contribution in [0.1, 0.15) is 27.5 Å². The second-order valence-electron chi connectivity index (χ2n) is 6.32. The topological polar surface area (TPSA) is 61.8 Å². The molecule has 5 nitrogen and oxygen atoms in total. The van der Waals surface area contributed by atoms with Crippen LogP contribution in [0.2, 0.25) is 5.02 Å². The highest BCUT2D eigenvalue weighted by molar-refractivity contribution is 6.31. The summed E-state index contributed by atoms with van der Waals surface area (Å²) in [4.78, 5) is 13.5. The molecule has 0 aliphatic carbocycles. The van der Waals surface area contributed by atoms with Crippen LogP contribution in [-0.4, -0.2) is 48.8 Å². The zero-order chi connectivity index (χ0) is 18.4. The van der Waals surface area contributed by atoms with E-state index in [2.05, 4.69) is 16.3 Å². The summed E-state index contributed by atoms with van der Waals surface area (Å²) in [6, 6.07) is 15.1. The Morgan fingerprint density at radius 2 is 1.96 bits per heavy atom. The first-order valence-electron chi connectivity index (χ1n) is 8.74. The summed E-state index contributed by atoms with van der Waals surface area (Å²) in [5, 5.41) is 13.3.